The zero-order chi connectivity index (χ0) is 29.2. The number of rotatable bonds is 9. The fourth-order valence-electron chi connectivity index (χ4n) is 6.10. The van der Waals surface area contributed by atoms with Gasteiger partial charge in [0.05, 0.1) is 17.6 Å². The van der Waals surface area contributed by atoms with E-state index < -0.39 is 5.97 Å². The number of para-hydroxylation sites is 1. The van der Waals surface area contributed by atoms with Gasteiger partial charge in [0.15, 0.2) is 0 Å². The highest BCUT2D eigenvalue weighted by atomic mass is 16.5. The molecule has 1 fully saturated rings. The molecule has 1 saturated carbocycles. The summed E-state index contributed by atoms with van der Waals surface area (Å²) in [4.78, 5) is 14.6. The van der Waals surface area contributed by atoms with Crippen molar-refractivity contribution in [1.82, 2.24) is 20.0 Å². The van der Waals surface area contributed by atoms with E-state index in [9.17, 15) is 9.90 Å². The van der Waals surface area contributed by atoms with Crippen molar-refractivity contribution in [2.24, 2.45) is 11.7 Å². The summed E-state index contributed by atoms with van der Waals surface area (Å²) in [6, 6.07) is 25.4. The van der Waals surface area contributed by atoms with Gasteiger partial charge in [0.25, 0.3) is 0 Å². The largest absolute Gasteiger partial charge is 0.492 e. The third-order valence-corrected chi connectivity index (χ3v) is 8.42. The van der Waals surface area contributed by atoms with E-state index in [0.717, 1.165) is 54.2 Å². The molecule has 0 saturated heterocycles. The molecule has 1 aliphatic heterocycles. The first kappa shape index (κ1) is 27.6. The molecule has 2 heterocycles. The van der Waals surface area contributed by atoms with Gasteiger partial charge in [-0.05, 0) is 53.8 Å². The lowest BCUT2D eigenvalue weighted by Crippen LogP contribution is -2.36. The van der Waals surface area contributed by atoms with Crippen LogP contribution in [0.15, 0.2) is 90.9 Å². The van der Waals surface area contributed by atoms with Gasteiger partial charge in [0, 0.05) is 55.5 Å². The van der Waals surface area contributed by atoms with Gasteiger partial charge in [-0.15, -0.1) is 0 Å². The summed E-state index contributed by atoms with van der Waals surface area (Å²) >= 11 is 0. The number of carbonyl (C=O) groups is 1. The summed E-state index contributed by atoms with van der Waals surface area (Å²) in [7, 11) is 1.81. The molecule has 4 aromatic rings. The Balaban J connectivity index is 1.28. The molecule has 3 atom stereocenters. The third kappa shape index (κ3) is 5.50. The molecule has 0 radical (unpaired) electrons. The van der Waals surface area contributed by atoms with Crippen molar-refractivity contribution < 1.29 is 14.6 Å². The molecule has 42 heavy (non-hydrogen) atoms. The predicted molar refractivity (Wildman–Crippen MR) is 163 cm³/mol. The van der Waals surface area contributed by atoms with Crippen LogP contribution in [-0.4, -0.2) is 45.5 Å². The highest BCUT2D eigenvalue weighted by molar-refractivity contribution is 5.89. The monoisotopic (exact) mass is 563 g/mol. The van der Waals surface area contributed by atoms with Crippen molar-refractivity contribution >= 4 is 5.97 Å². The van der Waals surface area contributed by atoms with E-state index in [1.54, 1.807) is 17.9 Å². The van der Waals surface area contributed by atoms with Crippen molar-refractivity contribution in [3.05, 3.63) is 113 Å². The molecule has 2 unspecified atom stereocenters. The van der Waals surface area contributed by atoms with Gasteiger partial charge in [-0.25, -0.2) is 9.48 Å². The summed E-state index contributed by atoms with van der Waals surface area (Å²) in [5, 5.41) is 17.4. The number of fused-ring (bicyclic) bond motifs is 1. The first-order valence-corrected chi connectivity index (χ1v) is 14.5. The zero-order valence-electron chi connectivity index (χ0n) is 24.0. The fraction of sp³-hybridized carbons (Fsp3) is 0.294. The minimum atomic E-state index is -0.978. The standard InChI is InChI=1S/C34H37N5O3/c1-3-26-21-42-32-13-5-4-9-25(32)20-38(26)19-22-8-6-10-23(14-22)24-11-7-12-27(15-24)39-33(30(17-37-39)34(40)41)29-16-28(29)31(35)18-36-2/h4-15,17-18,26,28-29,36H,3,16,19-21,35H2,1-2H3,(H,40,41)/b31-18-/t26?,28?,29-/m1/s1. The Kier molecular flexibility index (Phi) is 7.71. The van der Waals surface area contributed by atoms with E-state index in [0.29, 0.717) is 18.3 Å². The minimum Gasteiger partial charge on any atom is -0.492 e. The number of nitrogens with two attached hydrogens (primary N) is 1. The molecule has 1 aliphatic carbocycles. The van der Waals surface area contributed by atoms with Crippen LogP contribution >= 0.6 is 0 Å². The summed E-state index contributed by atoms with van der Waals surface area (Å²) in [6.07, 6.45) is 5.03. The second kappa shape index (κ2) is 11.7. The van der Waals surface area contributed by atoms with E-state index in [1.165, 1.54) is 17.3 Å². The summed E-state index contributed by atoms with van der Waals surface area (Å²) in [5.41, 5.74) is 13.3. The molecule has 0 bridgehead atoms. The normalized spacial score (nSPS) is 20.3. The molecule has 1 aromatic heterocycles. The Morgan fingerprint density at radius 3 is 2.69 bits per heavy atom. The van der Waals surface area contributed by atoms with Gasteiger partial charge in [-0.2, -0.15) is 5.10 Å². The van der Waals surface area contributed by atoms with E-state index in [1.807, 2.05) is 18.2 Å². The summed E-state index contributed by atoms with van der Waals surface area (Å²) in [5.74, 6) is 0.0961. The minimum absolute atomic E-state index is 0.00410. The van der Waals surface area contributed by atoms with Gasteiger partial charge in [-0.1, -0.05) is 55.5 Å². The maximum absolute atomic E-state index is 12.1. The van der Waals surface area contributed by atoms with Crippen LogP contribution in [0.2, 0.25) is 0 Å². The number of carboxylic acid groups (broad SMARTS) is 1. The van der Waals surface area contributed by atoms with Crippen molar-refractivity contribution in [3.63, 3.8) is 0 Å². The fourth-order valence-corrected chi connectivity index (χ4v) is 6.10. The van der Waals surface area contributed by atoms with E-state index in [4.69, 9.17) is 10.5 Å². The number of allylic oxidation sites excluding steroid dienone is 1. The van der Waals surface area contributed by atoms with Crippen LogP contribution < -0.4 is 15.8 Å². The van der Waals surface area contributed by atoms with Crippen LogP contribution in [0.25, 0.3) is 16.8 Å². The van der Waals surface area contributed by atoms with E-state index >= 15 is 0 Å². The highest BCUT2D eigenvalue weighted by Crippen LogP contribution is 2.51. The van der Waals surface area contributed by atoms with Crippen LogP contribution in [0.4, 0.5) is 0 Å². The summed E-state index contributed by atoms with van der Waals surface area (Å²) in [6.45, 7) is 4.56. The predicted octanol–water partition coefficient (Wildman–Crippen LogP) is 5.53. The highest BCUT2D eigenvalue weighted by Gasteiger charge is 2.45. The Morgan fingerprint density at radius 1 is 1.12 bits per heavy atom. The second-order valence-corrected chi connectivity index (χ2v) is 11.2. The average molecular weight is 564 g/mol. The number of hydrogen-bond donors (Lipinski definition) is 3. The molecular formula is C34H37N5O3. The lowest BCUT2D eigenvalue weighted by atomic mass is 10.0. The van der Waals surface area contributed by atoms with Crippen LogP contribution in [0, 0.1) is 5.92 Å². The molecule has 216 valence electrons. The third-order valence-electron chi connectivity index (χ3n) is 8.42. The van der Waals surface area contributed by atoms with E-state index in [-0.39, 0.29) is 17.4 Å². The Labute approximate surface area is 246 Å². The molecule has 8 heteroatoms. The molecule has 4 N–H and O–H groups in total. The molecule has 2 aliphatic rings. The van der Waals surface area contributed by atoms with Gasteiger partial charge in [0.2, 0.25) is 0 Å². The lowest BCUT2D eigenvalue weighted by Gasteiger charge is -2.28. The van der Waals surface area contributed by atoms with Gasteiger partial charge in [0.1, 0.15) is 17.9 Å². The maximum atomic E-state index is 12.1. The summed E-state index contributed by atoms with van der Waals surface area (Å²) < 4.78 is 7.92. The van der Waals surface area contributed by atoms with Crippen LogP contribution in [0.5, 0.6) is 5.75 Å². The number of carboxylic acids is 1. The first-order chi connectivity index (χ1) is 20.5. The van der Waals surface area contributed by atoms with Crippen molar-refractivity contribution in [2.75, 3.05) is 13.7 Å². The van der Waals surface area contributed by atoms with E-state index in [2.05, 4.69) is 76.8 Å². The van der Waals surface area contributed by atoms with Gasteiger partial charge in [-0.3, -0.25) is 4.90 Å². The van der Waals surface area contributed by atoms with Crippen LogP contribution in [0.3, 0.4) is 0 Å². The zero-order valence-corrected chi connectivity index (χ0v) is 24.0. The number of nitrogens with one attached hydrogen (secondary N) is 1. The molecule has 0 amide bonds. The number of hydrogen-bond acceptors (Lipinski definition) is 6. The van der Waals surface area contributed by atoms with Crippen molar-refractivity contribution in [1.29, 1.82) is 0 Å². The molecule has 3 aromatic carbocycles. The van der Waals surface area contributed by atoms with Crippen LogP contribution in [0.1, 0.15) is 52.9 Å². The molecule has 8 nitrogen and oxygen atoms in total. The van der Waals surface area contributed by atoms with Gasteiger partial charge >= 0.3 is 5.97 Å². The lowest BCUT2D eigenvalue weighted by molar-refractivity contribution is 0.0695. The number of ether oxygens (including phenoxy) is 1. The van der Waals surface area contributed by atoms with Crippen LogP contribution in [-0.2, 0) is 13.1 Å². The molecule has 0 spiro atoms. The topological polar surface area (TPSA) is 106 Å². The average Bonchev–Trinajstić information content (AvgIpc) is 3.71. The number of nitrogens with zero attached hydrogens (tertiary/aromatic N) is 3. The SMILES string of the molecule is CCC1COc2ccccc2CN1Cc1cccc(-c2cccc(-n3ncc(C(=O)O)c3[C@@H]3CC3/C(N)=C/NC)c2)c1. The Bertz CT molecular complexity index is 1630. The smallest absolute Gasteiger partial charge is 0.339 e. The first-order valence-electron chi connectivity index (χ1n) is 14.5. The second-order valence-electron chi connectivity index (χ2n) is 11.2. The number of benzene rings is 3. The number of aromatic carboxylic acids is 1. The quantitative estimate of drug-likeness (QED) is 0.246. The Hall–Kier alpha value is -4.56. The Morgan fingerprint density at radius 2 is 1.90 bits per heavy atom. The number of aromatic nitrogens is 2. The molecular weight excluding hydrogens is 526 g/mol. The van der Waals surface area contributed by atoms with Crippen molar-refractivity contribution in [2.45, 2.75) is 44.8 Å². The molecule has 6 rings (SSSR count). The van der Waals surface area contributed by atoms with Gasteiger partial charge < -0.3 is 20.9 Å². The van der Waals surface area contributed by atoms with Crippen molar-refractivity contribution in [3.8, 4) is 22.6 Å². The maximum Gasteiger partial charge on any atom is 0.339 e.